The summed E-state index contributed by atoms with van der Waals surface area (Å²) in [7, 11) is 0. The second-order valence-electron chi connectivity index (χ2n) is 5.41. The summed E-state index contributed by atoms with van der Waals surface area (Å²) in [5, 5.41) is 0. The van der Waals surface area contributed by atoms with Gasteiger partial charge in [0, 0.05) is 31.0 Å². The topological polar surface area (TPSA) is 3.24 Å². The molecular weight excluding hydrogens is 172 g/mol. The summed E-state index contributed by atoms with van der Waals surface area (Å²) < 4.78 is 26.1. The minimum atomic E-state index is -2.37. The van der Waals surface area contributed by atoms with Crippen molar-refractivity contribution in [3.8, 4) is 0 Å². The van der Waals surface area contributed by atoms with Gasteiger partial charge < -0.3 is 0 Å². The molecule has 2 unspecified atom stereocenters. The van der Waals surface area contributed by atoms with Crippen molar-refractivity contribution in [2.24, 2.45) is 11.8 Å². The lowest BCUT2D eigenvalue weighted by Crippen LogP contribution is -2.46. The molecule has 0 amide bonds. The summed E-state index contributed by atoms with van der Waals surface area (Å²) in [5.74, 6) is -2.47. The first kappa shape index (κ1) is 9.38. The van der Waals surface area contributed by atoms with Crippen LogP contribution in [0.1, 0.15) is 27.2 Å². The van der Waals surface area contributed by atoms with Crippen molar-refractivity contribution in [3.05, 3.63) is 0 Å². The Morgan fingerprint density at radius 2 is 1.85 bits per heavy atom. The fraction of sp³-hybridized carbons (Fsp3) is 1.00. The van der Waals surface area contributed by atoms with Crippen molar-refractivity contribution in [1.82, 2.24) is 4.90 Å². The van der Waals surface area contributed by atoms with Gasteiger partial charge in [-0.25, -0.2) is 8.78 Å². The summed E-state index contributed by atoms with van der Waals surface area (Å²) in [4.78, 5) is 2.18. The van der Waals surface area contributed by atoms with Crippen LogP contribution in [0.25, 0.3) is 0 Å². The molecule has 0 spiro atoms. The van der Waals surface area contributed by atoms with Gasteiger partial charge in [-0.1, -0.05) is 0 Å². The molecule has 1 aliphatic heterocycles. The molecule has 0 aromatic carbocycles. The Balaban J connectivity index is 2.03. The van der Waals surface area contributed by atoms with Crippen LogP contribution in [0.15, 0.2) is 0 Å². The zero-order chi connectivity index (χ0) is 9.85. The second kappa shape index (κ2) is 2.44. The number of hydrogen-bond acceptors (Lipinski definition) is 1. The Morgan fingerprint density at radius 1 is 1.23 bits per heavy atom. The average molecular weight is 189 g/mol. The minimum Gasteiger partial charge on any atom is -0.298 e. The van der Waals surface area contributed by atoms with Crippen molar-refractivity contribution >= 4 is 0 Å². The number of nitrogens with zero attached hydrogens (tertiary/aromatic N) is 1. The van der Waals surface area contributed by atoms with E-state index in [-0.39, 0.29) is 23.8 Å². The van der Waals surface area contributed by atoms with Crippen molar-refractivity contribution in [2.75, 3.05) is 13.1 Å². The third-order valence-electron chi connectivity index (χ3n) is 3.47. The molecule has 1 saturated heterocycles. The van der Waals surface area contributed by atoms with Gasteiger partial charge in [-0.05, 0) is 26.7 Å². The molecule has 2 rings (SSSR count). The molecule has 76 valence electrons. The van der Waals surface area contributed by atoms with E-state index in [0.29, 0.717) is 6.54 Å². The number of halogens is 2. The van der Waals surface area contributed by atoms with Gasteiger partial charge in [0.05, 0.1) is 0 Å². The van der Waals surface area contributed by atoms with Gasteiger partial charge in [-0.2, -0.15) is 0 Å². The maximum Gasteiger partial charge on any atom is 0.252 e. The quantitative estimate of drug-likeness (QED) is 0.565. The second-order valence-corrected chi connectivity index (χ2v) is 5.41. The summed E-state index contributed by atoms with van der Waals surface area (Å²) in [6.07, 6.45) is 0.115. The van der Waals surface area contributed by atoms with Crippen LogP contribution in [0.5, 0.6) is 0 Å². The molecule has 13 heavy (non-hydrogen) atoms. The van der Waals surface area contributed by atoms with Crippen molar-refractivity contribution < 1.29 is 8.78 Å². The maximum absolute atomic E-state index is 13.0. The average Bonchev–Trinajstić information content (AvgIpc) is 2.26. The lowest BCUT2D eigenvalue weighted by molar-refractivity contribution is -0.152. The molecule has 0 bridgehead atoms. The number of likely N-dealkylation sites (tertiary alicyclic amines) is 1. The van der Waals surface area contributed by atoms with Crippen molar-refractivity contribution in [3.63, 3.8) is 0 Å². The molecule has 0 radical (unpaired) electrons. The maximum atomic E-state index is 13.0. The predicted molar refractivity (Wildman–Crippen MR) is 47.9 cm³/mol. The summed E-state index contributed by atoms with van der Waals surface area (Å²) in [6, 6.07) is 0. The Hall–Kier alpha value is -0.180. The number of alkyl halides is 2. The van der Waals surface area contributed by atoms with Crippen LogP contribution in [-0.4, -0.2) is 29.5 Å². The molecule has 0 N–H and O–H groups in total. The van der Waals surface area contributed by atoms with E-state index in [4.69, 9.17) is 0 Å². The van der Waals surface area contributed by atoms with Crippen LogP contribution in [0.2, 0.25) is 0 Å². The Labute approximate surface area is 78.1 Å². The third-order valence-corrected chi connectivity index (χ3v) is 3.47. The molecule has 2 fully saturated rings. The largest absolute Gasteiger partial charge is 0.298 e. The molecule has 0 aromatic heterocycles. The first-order valence-corrected chi connectivity index (χ1v) is 4.93. The third kappa shape index (κ3) is 1.37. The van der Waals surface area contributed by atoms with Crippen LogP contribution in [0, 0.1) is 11.8 Å². The lowest BCUT2D eigenvalue weighted by atomic mass is 9.72. The molecule has 1 aliphatic carbocycles. The van der Waals surface area contributed by atoms with Gasteiger partial charge in [0.1, 0.15) is 0 Å². The van der Waals surface area contributed by atoms with E-state index in [2.05, 4.69) is 25.7 Å². The van der Waals surface area contributed by atoms with Gasteiger partial charge in [-0.15, -0.1) is 0 Å². The monoisotopic (exact) mass is 189 g/mol. The van der Waals surface area contributed by atoms with Gasteiger partial charge in [0.2, 0.25) is 0 Å². The number of rotatable bonds is 0. The van der Waals surface area contributed by atoms with Crippen molar-refractivity contribution in [1.29, 1.82) is 0 Å². The molecular formula is C10H17F2N. The zero-order valence-corrected chi connectivity index (χ0v) is 8.48. The van der Waals surface area contributed by atoms with Crippen molar-refractivity contribution in [2.45, 2.75) is 38.7 Å². The van der Waals surface area contributed by atoms with Gasteiger partial charge in [0.25, 0.3) is 5.92 Å². The Bertz CT molecular complexity index is 219. The molecule has 1 saturated carbocycles. The van der Waals surface area contributed by atoms with Crippen LogP contribution < -0.4 is 0 Å². The van der Waals surface area contributed by atoms with E-state index < -0.39 is 5.92 Å². The minimum absolute atomic E-state index is 0.0490. The summed E-state index contributed by atoms with van der Waals surface area (Å²) in [5.41, 5.74) is 0.0490. The van der Waals surface area contributed by atoms with Crippen LogP contribution in [-0.2, 0) is 0 Å². The van der Waals surface area contributed by atoms with E-state index in [0.717, 1.165) is 6.54 Å². The standard InChI is InChI=1S/C10H17F2N/c1-9(2,3)13-5-7-4-10(11,12)8(7)6-13/h7-8H,4-6H2,1-3H3. The molecule has 2 aliphatic rings. The SMILES string of the molecule is CC(C)(C)N1CC2CC(F)(F)C2C1. The molecule has 3 heteroatoms. The predicted octanol–water partition coefficient (Wildman–Crippen LogP) is 2.37. The number of fused-ring (bicyclic) bond motifs is 1. The van der Waals surface area contributed by atoms with Gasteiger partial charge >= 0.3 is 0 Å². The normalized spacial score (nSPS) is 38.5. The molecule has 1 heterocycles. The van der Waals surface area contributed by atoms with Crippen LogP contribution in [0.4, 0.5) is 8.78 Å². The molecule has 1 nitrogen and oxygen atoms in total. The van der Waals surface area contributed by atoms with Crippen LogP contribution in [0.3, 0.4) is 0 Å². The zero-order valence-electron chi connectivity index (χ0n) is 8.48. The lowest BCUT2D eigenvalue weighted by Gasteiger charge is -2.38. The fourth-order valence-corrected chi connectivity index (χ4v) is 2.44. The Morgan fingerprint density at radius 3 is 2.23 bits per heavy atom. The first-order chi connectivity index (χ1) is 5.81. The smallest absolute Gasteiger partial charge is 0.252 e. The highest BCUT2D eigenvalue weighted by atomic mass is 19.3. The molecule has 2 atom stereocenters. The van der Waals surface area contributed by atoms with E-state index >= 15 is 0 Å². The summed E-state index contributed by atoms with van der Waals surface area (Å²) >= 11 is 0. The van der Waals surface area contributed by atoms with E-state index in [1.54, 1.807) is 0 Å². The highest BCUT2D eigenvalue weighted by Crippen LogP contribution is 2.53. The van der Waals surface area contributed by atoms with E-state index in [1.165, 1.54) is 0 Å². The van der Waals surface area contributed by atoms with E-state index in [9.17, 15) is 8.78 Å². The molecule has 0 aromatic rings. The highest BCUT2D eigenvalue weighted by Gasteiger charge is 2.60. The fourth-order valence-electron chi connectivity index (χ4n) is 2.44. The first-order valence-electron chi connectivity index (χ1n) is 4.93. The Kier molecular flexibility index (Phi) is 1.76. The van der Waals surface area contributed by atoms with Gasteiger partial charge in [-0.3, -0.25) is 4.90 Å². The van der Waals surface area contributed by atoms with E-state index in [1.807, 2.05) is 0 Å². The highest BCUT2D eigenvalue weighted by molar-refractivity contribution is 5.04. The van der Waals surface area contributed by atoms with Crippen LogP contribution >= 0.6 is 0 Å². The number of hydrogen-bond donors (Lipinski definition) is 0. The van der Waals surface area contributed by atoms with Gasteiger partial charge in [0.15, 0.2) is 0 Å². The summed E-state index contributed by atoms with van der Waals surface area (Å²) in [6.45, 7) is 7.73.